The molecule has 3 nitrogen and oxygen atoms in total. The largest absolute Gasteiger partial charge is 0.374 e. The van der Waals surface area contributed by atoms with Gasteiger partial charge in [0.2, 0.25) is 0 Å². The van der Waals surface area contributed by atoms with Crippen LogP contribution in [0.4, 0.5) is 0 Å². The van der Waals surface area contributed by atoms with Crippen LogP contribution < -0.4 is 5.32 Å². The maximum absolute atomic E-state index is 5.70. The molecule has 1 fully saturated rings. The van der Waals surface area contributed by atoms with Gasteiger partial charge >= 0.3 is 0 Å². The fourth-order valence-electron chi connectivity index (χ4n) is 1.57. The molecule has 1 N–H and O–H groups in total. The second-order valence-corrected chi connectivity index (χ2v) is 3.75. The van der Waals surface area contributed by atoms with Crippen molar-refractivity contribution >= 4 is 0 Å². The number of hydrogen-bond donors (Lipinski definition) is 1. The van der Waals surface area contributed by atoms with Crippen LogP contribution in [0.5, 0.6) is 0 Å². The number of hydrogen-bond acceptors (Lipinski definition) is 3. The predicted molar refractivity (Wildman–Crippen MR) is 58.8 cm³/mol. The van der Waals surface area contributed by atoms with Gasteiger partial charge in [0.15, 0.2) is 0 Å². The highest BCUT2D eigenvalue weighted by Gasteiger charge is 2.19. The minimum absolute atomic E-state index is 0.0480. The molecule has 1 aliphatic rings. The summed E-state index contributed by atoms with van der Waals surface area (Å²) >= 11 is 0. The molecule has 0 spiro atoms. The molecule has 1 aliphatic heterocycles. The van der Waals surface area contributed by atoms with Gasteiger partial charge in [-0.1, -0.05) is 30.3 Å². The number of ether oxygens (including phenoxy) is 2. The highest BCUT2D eigenvalue weighted by molar-refractivity contribution is 5.17. The molecule has 0 bridgehead atoms. The number of rotatable bonds is 5. The van der Waals surface area contributed by atoms with E-state index < -0.39 is 0 Å². The first-order chi connectivity index (χ1) is 7.40. The monoisotopic (exact) mass is 207 g/mol. The van der Waals surface area contributed by atoms with Crippen LogP contribution in [0.1, 0.15) is 11.7 Å². The Morgan fingerprint density at radius 1 is 1.33 bits per heavy atom. The zero-order valence-electron chi connectivity index (χ0n) is 8.98. The van der Waals surface area contributed by atoms with E-state index in [9.17, 15) is 0 Å². The normalized spacial score (nSPS) is 18.5. The minimum Gasteiger partial charge on any atom is -0.374 e. The van der Waals surface area contributed by atoms with Crippen LogP contribution in [0.15, 0.2) is 30.3 Å². The lowest BCUT2D eigenvalue weighted by Crippen LogP contribution is -2.48. The summed E-state index contributed by atoms with van der Waals surface area (Å²) in [4.78, 5) is 0. The van der Waals surface area contributed by atoms with Crippen molar-refractivity contribution in [3.63, 3.8) is 0 Å². The number of methoxy groups -OCH3 is 1. The SMILES string of the molecule is COC(COC1CNC1)c1ccccc1. The molecule has 2 rings (SSSR count). The van der Waals surface area contributed by atoms with Crippen LogP contribution in [0.25, 0.3) is 0 Å². The Morgan fingerprint density at radius 2 is 2.07 bits per heavy atom. The Bertz CT molecular complexity index is 285. The Morgan fingerprint density at radius 3 is 2.60 bits per heavy atom. The van der Waals surface area contributed by atoms with Crippen LogP contribution in [0, 0.1) is 0 Å². The summed E-state index contributed by atoms with van der Waals surface area (Å²) in [6.45, 7) is 2.56. The molecule has 1 aromatic rings. The minimum atomic E-state index is 0.0480. The molecule has 1 aromatic carbocycles. The molecule has 0 aromatic heterocycles. The molecule has 1 saturated heterocycles. The Labute approximate surface area is 90.4 Å². The van der Waals surface area contributed by atoms with E-state index in [1.165, 1.54) is 5.56 Å². The molecule has 15 heavy (non-hydrogen) atoms. The third-order valence-electron chi connectivity index (χ3n) is 2.68. The van der Waals surface area contributed by atoms with E-state index in [2.05, 4.69) is 17.4 Å². The summed E-state index contributed by atoms with van der Waals surface area (Å²) in [5.41, 5.74) is 1.17. The third kappa shape index (κ3) is 2.78. The quantitative estimate of drug-likeness (QED) is 0.791. The van der Waals surface area contributed by atoms with Crippen LogP contribution in [-0.4, -0.2) is 32.9 Å². The first-order valence-electron chi connectivity index (χ1n) is 5.30. The van der Waals surface area contributed by atoms with Gasteiger partial charge in [0.1, 0.15) is 6.10 Å². The van der Waals surface area contributed by atoms with Crippen molar-refractivity contribution in [1.82, 2.24) is 5.32 Å². The highest BCUT2D eigenvalue weighted by Crippen LogP contribution is 2.17. The van der Waals surface area contributed by atoms with Crippen molar-refractivity contribution in [2.24, 2.45) is 0 Å². The number of benzene rings is 1. The topological polar surface area (TPSA) is 30.5 Å². The van der Waals surface area contributed by atoms with E-state index in [1.807, 2.05) is 18.2 Å². The van der Waals surface area contributed by atoms with E-state index in [4.69, 9.17) is 9.47 Å². The summed E-state index contributed by atoms with van der Waals surface area (Å²) in [6.07, 6.45) is 0.415. The standard InChI is InChI=1S/C12H17NO2/c1-14-12(9-15-11-7-13-8-11)10-5-3-2-4-6-10/h2-6,11-13H,7-9H2,1H3. The van der Waals surface area contributed by atoms with E-state index >= 15 is 0 Å². The van der Waals surface area contributed by atoms with Crippen LogP contribution in [0.2, 0.25) is 0 Å². The van der Waals surface area contributed by atoms with Crippen LogP contribution >= 0.6 is 0 Å². The average Bonchev–Trinajstić information content (AvgIpc) is 2.23. The van der Waals surface area contributed by atoms with Crippen molar-refractivity contribution in [1.29, 1.82) is 0 Å². The van der Waals surface area contributed by atoms with Crippen LogP contribution in [-0.2, 0) is 9.47 Å². The van der Waals surface area contributed by atoms with Gasteiger partial charge in [-0.15, -0.1) is 0 Å². The lowest BCUT2D eigenvalue weighted by atomic mass is 10.1. The molecule has 82 valence electrons. The maximum Gasteiger partial charge on any atom is 0.105 e. The lowest BCUT2D eigenvalue weighted by Gasteiger charge is -2.28. The zero-order valence-corrected chi connectivity index (χ0v) is 8.98. The van der Waals surface area contributed by atoms with Gasteiger partial charge in [0.05, 0.1) is 12.7 Å². The highest BCUT2D eigenvalue weighted by atomic mass is 16.5. The summed E-state index contributed by atoms with van der Waals surface area (Å²) in [6, 6.07) is 10.2. The Kier molecular flexibility index (Phi) is 3.72. The molecule has 0 saturated carbocycles. The van der Waals surface area contributed by atoms with E-state index in [0.29, 0.717) is 12.7 Å². The summed E-state index contributed by atoms with van der Waals surface area (Å²) in [5, 5.41) is 3.18. The summed E-state index contributed by atoms with van der Waals surface area (Å²) in [5.74, 6) is 0. The molecule has 1 heterocycles. The van der Waals surface area contributed by atoms with Gasteiger partial charge in [0, 0.05) is 20.2 Å². The van der Waals surface area contributed by atoms with E-state index in [-0.39, 0.29) is 6.10 Å². The predicted octanol–water partition coefficient (Wildman–Crippen LogP) is 1.36. The van der Waals surface area contributed by atoms with Gasteiger partial charge < -0.3 is 14.8 Å². The van der Waals surface area contributed by atoms with Crippen molar-refractivity contribution in [2.75, 3.05) is 26.8 Å². The van der Waals surface area contributed by atoms with Crippen molar-refractivity contribution in [2.45, 2.75) is 12.2 Å². The van der Waals surface area contributed by atoms with Gasteiger partial charge in [-0.2, -0.15) is 0 Å². The molecule has 3 heteroatoms. The van der Waals surface area contributed by atoms with Crippen LogP contribution in [0.3, 0.4) is 0 Å². The molecular weight excluding hydrogens is 190 g/mol. The number of nitrogens with one attached hydrogen (secondary N) is 1. The second-order valence-electron chi connectivity index (χ2n) is 3.75. The molecule has 0 radical (unpaired) electrons. The smallest absolute Gasteiger partial charge is 0.105 e. The van der Waals surface area contributed by atoms with Crippen molar-refractivity contribution in [3.8, 4) is 0 Å². The average molecular weight is 207 g/mol. The molecular formula is C12H17NO2. The third-order valence-corrected chi connectivity index (χ3v) is 2.68. The fraction of sp³-hybridized carbons (Fsp3) is 0.500. The molecule has 0 aliphatic carbocycles. The Hall–Kier alpha value is -0.900. The first-order valence-corrected chi connectivity index (χ1v) is 5.30. The first kappa shape index (κ1) is 10.6. The zero-order chi connectivity index (χ0) is 10.5. The molecule has 1 unspecified atom stereocenters. The van der Waals surface area contributed by atoms with Crippen molar-refractivity contribution in [3.05, 3.63) is 35.9 Å². The summed E-state index contributed by atoms with van der Waals surface area (Å²) in [7, 11) is 1.72. The van der Waals surface area contributed by atoms with Gasteiger partial charge in [-0.05, 0) is 5.56 Å². The summed E-state index contributed by atoms with van der Waals surface area (Å²) < 4.78 is 11.1. The maximum atomic E-state index is 5.70. The van der Waals surface area contributed by atoms with Crippen molar-refractivity contribution < 1.29 is 9.47 Å². The van der Waals surface area contributed by atoms with E-state index in [1.54, 1.807) is 7.11 Å². The second kappa shape index (κ2) is 5.26. The Balaban J connectivity index is 1.86. The molecule has 1 atom stereocenters. The van der Waals surface area contributed by atoms with Gasteiger partial charge in [-0.25, -0.2) is 0 Å². The van der Waals surface area contributed by atoms with Gasteiger partial charge in [0.25, 0.3) is 0 Å². The molecule has 0 amide bonds. The fourth-order valence-corrected chi connectivity index (χ4v) is 1.57. The van der Waals surface area contributed by atoms with E-state index in [0.717, 1.165) is 13.1 Å². The van der Waals surface area contributed by atoms with Gasteiger partial charge in [-0.3, -0.25) is 0 Å². The lowest BCUT2D eigenvalue weighted by molar-refractivity contribution is -0.0452.